The topological polar surface area (TPSA) is 42.8 Å². The van der Waals surface area contributed by atoms with E-state index < -0.39 is 0 Å². The van der Waals surface area contributed by atoms with Gasteiger partial charge in [-0.05, 0) is 81.4 Å². The smallest absolute Gasteiger partial charge is 0.255 e. The predicted molar refractivity (Wildman–Crippen MR) is 129 cm³/mol. The second-order valence-corrected chi connectivity index (χ2v) is 9.02. The zero-order valence-corrected chi connectivity index (χ0v) is 19.7. The average Bonchev–Trinajstić information content (AvgIpc) is 3.31. The van der Waals surface area contributed by atoms with Crippen LogP contribution in [0, 0.1) is 13.8 Å². The van der Waals surface area contributed by atoms with E-state index in [4.69, 9.17) is 4.74 Å². The quantitative estimate of drug-likeness (QED) is 0.771. The summed E-state index contributed by atoms with van der Waals surface area (Å²) >= 11 is 0. The van der Waals surface area contributed by atoms with E-state index in [9.17, 15) is 4.79 Å². The number of carbonyl (C=O) groups excluding carboxylic acids is 1. The minimum absolute atomic E-state index is 0.112. The van der Waals surface area contributed by atoms with Crippen LogP contribution >= 0.6 is 0 Å². The molecule has 1 fully saturated rings. The van der Waals surface area contributed by atoms with Gasteiger partial charge in [-0.15, -0.1) is 0 Å². The molecule has 1 amide bonds. The fourth-order valence-electron chi connectivity index (χ4n) is 4.25. The fourth-order valence-corrected chi connectivity index (χ4v) is 4.25. The zero-order valence-electron chi connectivity index (χ0n) is 19.7. The molecular formula is C27H37N2O2+. The maximum absolute atomic E-state index is 12.4. The molecule has 0 unspecified atom stereocenters. The minimum atomic E-state index is -0.112. The molecule has 0 radical (unpaired) electrons. The molecule has 0 atom stereocenters. The highest BCUT2D eigenvalue weighted by Crippen LogP contribution is 2.31. The number of anilines is 1. The molecular weight excluding hydrogens is 384 g/mol. The number of ether oxygens (including phenoxy) is 1. The third-order valence-corrected chi connectivity index (χ3v) is 6.25. The maximum Gasteiger partial charge on any atom is 0.255 e. The molecule has 1 heterocycles. The van der Waals surface area contributed by atoms with Gasteiger partial charge in [0.25, 0.3) is 5.91 Å². The highest BCUT2D eigenvalue weighted by atomic mass is 16.5. The van der Waals surface area contributed by atoms with Gasteiger partial charge in [-0.1, -0.05) is 30.7 Å². The molecule has 0 bridgehead atoms. The first-order chi connectivity index (χ1) is 14.9. The fraction of sp³-hybridized carbons (Fsp3) is 0.444. The van der Waals surface area contributed by atoms with Crippen LogP contribution in [0.15, 0.2) is 42.0 Å². The van der Waals surface area contributed by atoms with Crippen molar-refractivity contribution in [3.63, 3.8) is 0 Å². The molecule has 2 aromatic rings. The van der Waals surface area contributed by atoms with Crippen molar-refractivity contribution in [2.45, 2.75) is 58.9 Å². The Bertz CT molecular complexity index is 923. The number of aryl methyl sites for hydroxylation is 3. The Morgan fingerprint density at radius 3 is 2.35 bits per heavy atom. The van der Waals surface area contributed by atoms with Gasteiger partial charge < -0.3 is 15.0 Å². The molecule has 0 aromatic heterocycles. The van der Waals surface area contributed by atoms with Crippen LogP contribution < -0.4 is 15.0 Å². The van der Waals surface area contributed by atoms with E-state index in [1.54, 1.807) is 4.90 Å². The molecule has 166 valence electrons. The van der Waals surface area contributed by atoms with Crippen LogP contribution in [0.25, 0.3) is 6.08 Å². The molecule has 1 saturated carbocycles. The first kappa shape index (κ1) is 23.1. The van der Waals surface area contributed by atoms with E-state index in [0.29, 0.717) is 12.2 Å². The molecule has 2 aliphatic rings. The minimum Gasteiger partial charge on any atom is -0.488 e. The Morgan fingerprint density at radius 1 is 1.10 bits per heavy atom. The lowest BCUT2D eigenvalue weighted by atomic mass is 9.99. The Morgan fingerprint density at radius 2 is 1.77 bits per heavy atom. The van der Waals surface area contributed by atoms with Crippen LogP contribution in [-0.2, 0) is 11.2 Å². The van der Waals surface area contributed by atoms with Crippen molar-refractivity contribution in [1.82, 2.24) is 0 Å². The molecule has 31 heavy (non-hydrogen) atoms. The molecule has 2 N–H and O–H groups in total. The molecule has 0 spiro atoms. The predicted octanol–water partition coefficient (Wildman–Crippen LogP) is 4.35. The number of hydrogen-bond acceptors (Lipinski definition) is 2. The van der Waals surface area contributed by atoms with Gasteiger partial charge in [0, 0.05) is 11.3 Å². The lowest BCUT2D eigenvalue weighted by Gasteiger charge is -2.20. The SMILES string of the molecule is CCc1cc(C)c2c(c1)C=C(C(=O)Nc1ccc(C)cc1)CO2.C[NH+](C)C1CCCC1. The monoisotopic (exact) mass is 421 g/mol. The van der Waals surface area contributed by atoms with Gasteiger partial charge in [-0.3, -0.25) is 4.79 Å². The summed E-state index contributed by atoms with van der Waals surface area (Å²) in [5.41, 5.74) is 5.97. The molecule has 0 saturated heterocycles. The number of benzene rings is 2. The summed E-state index contributed by atoms with van der Waals surface area (Å²) in [5, 5.41) is 2.93. The van der Waals surface area contributed by atoms with Gasteiger partial charge in [-0.2, -0.15) is 0 Å². The number of fused-ring (bicyclic) bond motifs is 1. The van der Waals surface area contributed by atoms with Gasteiger partial charge in [-0.25, -0.2) is 0 Å². The lowest BCUT2D eigenvalue weighted by Crippen LogP contribution is -3.09. The second-order valence-electron chi connectivity index (χ2n) is 9.02. The van der Waals surface area contributed by atoms with Crippen LogP contribution in [0.1, 0.15) is 54.9 Å². The molecule has 1 aliphatic carbocycles. The van der Waals surface area contributed by atoms with E-state index >= 15 is 0 Å². The summed E-state index contributed by atoms with van der Waals surface area (Å²) in [6, 6.07) is 13.0. The van der Waals surface area contributed by atoms with Crippen molar-refractivity contribution in [2.75, 3.05) is 26.0 Å². The van der Waals surface area contributed by atoms with Gasteiger partial charge in [0.05, 0.1) is 25.7 Å². The number of carbonyl (C=O) groups is 1. The molecule has 4 rings (SSSR count). The van der Waals surface area contributed by atoms with Crippen molar-refractivity contribution in [2.24, 2.45) is 0 Å². The Labute approximate surface area is 187 Å². The highest BCUT2D eigenvalue weighted by Gasteiger charge is 2.20. The van der Waals surface area contributed by atoms with Gasteiger partial charge >= 0.3 is 0 Å². The molecule has 2 aromatic carbocycles. The zero-order chi connectivity index (χ0) is 22.4. The number of quaternary nitrogens is 1. The van der Waals surface area contributed by atoms with Crippen molar-refractivity contribution < 1.29 is 14.4 Å². The summed E-state index contributed by atoms with van der Waals surface area (Å²) in [6.45, 7) is 6.49. The van der Waals surface area contributed by atoms with Crippen LogP contribution in [0.2, 0.25) is 0 Å². The molecule has 1 aliphatic heterocycles. The Balaban J connectivity index is 0.000000287. The van der Waals surface area contributed by atoms with E-state index in [0.717, 1.165) is 35.0 Å². The first-order valence-electron chi connectivity index (χ1n) is 11.5. The van der Waals surface area contributed by atoms with Crippen molar-refractivity contribution in [3.05, 3.63) is 64.2 Å². The lowest BCUT2D eigenvalue weighted by molar-refractivity contribution is -0.884. The Kier molecular flexibility index (Phi) is 7.91. The number of nitrogens with one attached hydrogen (secondary N) is 2. The van der Waals surface area contributed by atoms with Crippen molar-refractivity contribution in [3.8, 4) is 5.75 Å². The van der Waals surface area contributed by atoms with Crippen LogP contribution in [0.5, 0.6) is 5.75 Å². The second kappa shape index (κ2) is 10.6. The Hall–Kier alpha value is -2.59. The van der Waals surface area contributed by atoms with Crippen molar-refractivity contribution >= 4 is 17.7 Å². The first-order valence-corrected chi connectivity index (χ1v) is 11.5. The van der Waals surface area contributed by atoms with Gasteiger partial charge in [0.15, 0.2) is 0 Å². The summed E-state index contributed by atoms with van der Waals surface area (Å²) in [6.07, 6.45) is 8.76. The number of amides is 1. The van der Waals surface area contributed by atoms with E-state index in [1.165, 1.54) is 36.8 Å². The molecule has 4 nitrogen and oxygen atoms in total. The van der Waals surface area contributed by atoms with Crippen LogP contribution in [0.3, 0.4) is 0 Å². The number of rotatable bonds is 4. The summed E-state index contributed by atoms with van der Waals surface area (Å²) in [4.78, 5) is 14.1. The summed E-state index contributed by atoms with van der Waals surface area (Å²) in [5.74, 6) is 0.771. The van der Waals surface area contributed by atoms with Gasteiger partial charge in [0.2, 0.25) is 0 Å². The molecule has 4 heteroatoms. The average molecular weight is 422 g/mol. The van der Waals surface area contributed by atoms with E-state index in [1.807, 2.05) is 44.2 Å². The normalized spacial score (nSPS) is 15.5. The van der Waals surface area contributed by atoms with Gasteiger partial charge in [0.1, 0.15) is 12.4 Å². The van der Waals surface area contributed by atoms with Crippen LogP contribution in [0.4, 0.5) is 5.69 Å². The maximum atomic E-state index is 12.4. The van der Waals surface area contributed by atoms with E-state index in [2.05, 4.69) is 38.5 Å². The summed E-state index contributed by atoms with van der Waals surface area (Å²) < 4.78 is 5.82. The largest absolute Gasteiger partial charge is 0.488 e. The van der Waals surface area contributed by atoms with Crippen LogP contribution in [-0.4, -0.2) is 32.7 Å². The number of hydrogen-bond donors (Lipinski definition) is 2. The third-order valence-electron chi connectivity index (χ3n) is 6.25. The standard InChI is InChI=1S/C20H21NO2.C7H15N/c1-4-15-9-14(3)19-16(10-15)11-17(12-23-19)20(22)21-18-7-5-13(2)6-8-18;1-8(2)7-5-3-4-6-7/h5-11H,4,12H2,1-3H3,(H,21,22);7H,3-6H2,1-2H3/p+1. The highest BCUT2D eigenvalue weighted by molar-refractivity contribution is 6.07. The van der Waals surface area contributed by atoms with E-state index in [-0.39, 0.29) is 5.91 Å². The third kappa shape index (κ3) is 6.20. The van der Waals surface area contributed by atoms with Crippen molar-refractivity contribution in [1.29, 1.82) is 0 Å². The summed E-state index contributed by atoms with van der Waals surface area (Å²) in [7, 11) is 4.52.